The van der Waals surface area contributed by atoms with Gasteiger partial charge in [-0.25, -0.2) is 15.0 Å². The van der Waals surface area contributed by atoms with Gasteiger partial charge in [-0.2, -0.15) is 5.26 Å². The molecule has 0 fully saturated rings. The average Bonchev–Trinajstić information content (AvgIpc) is 2.40. The highest BCUT2D eigenvalue weighted by Gasteiger charge is 2.08. The van der Waals surface area contributed by atoms with Crippen LogP contribution in [0.25, 0.3) is 0 Å². The van der Waals surface area contributed by atoms with Crippen LogP contribution in [0.2, 0.25) is 5.15 Å². The van der Waals surface area contributed by atoms with Crippen LogP contribution in [0.5, 0.6) is 0 Å². The van der Waals surface area contributed by atoms with Gasteiger partial charge in [-0.3, -0.25) is 4.79 Å². The van der Waals surface area contributed by atoms with E-state index in [0.717, 1.165) is 0 Å². The fraction of sp³-hybridized carbons (Fsp3) is 0. The van der Waals surface area contributed by atoms with Crippen molar-refractivity contribution in [1.29, 1.82) is 5.26 Å². The van der Waals surface area contributed by atoms with Crippen LogP contribution >= 0.6 is 11.6 Å². The van der Waals surface area contributed by atoms with Crippen LogP contribution in [0.15, 0.2) is 30.7 Å². The highest BCUT2D eigenvalue weighted by molar-refractivity contribution is 6.29. The Bertz CT molecular complexity index is 603. The second-order valence-corrected chi connectivity index (χ2v) is 3.61. The Morgan fingerprint density at radius 3 is 2.61 bits per heavy atom. The van der Waals surface area contributed by atoms with Gasteiger partial charge < -0.3 is 5.32 Å². The van der Waals surface area contributed by atoms with E-state index in [1.165, 1.54) is 24.7 Å². The van der Waals surface area contributed by atoms with Gasteiger partial charge in [-0.1, -0.05) is 11.6 Å². The molecule has 0 saturated carbocycles. The molecule has 0 aliphatic rings. The molecule has 6 nitrogen and oxygen atoms in total. The van der Waals surface area contributed by atoms with Gasteiger partial charge in [-0.15, -0.1) is 0 Å². The molecule has 0 aromatic carbocycles. The zero-order valence-corrected chi connectivity index (χ0v) is 9.72. The number of carbonyl (C=O) groups is 1. The molecule has 18 heavy (non-hydrogen) atoms. The third-order valence-corrected chi connectivity index (χ3v) is 2.18. The molecule has 2 heterocycles. The summed E-state index contributed by atoms with van der Waals surface area (Å²) >= 11 is 5.56. The molecule has 0 atom stereocenters. The Balaban J connectivity index is 2.11. The van der Waals surface area contributed by atoms with E-state index < -0.39 is 5.91 Å². The van der Waals surface area contributed by atoms with Crippen LogP contribution < -0.4 is 5.32 Å². The maximum absolute atomic E-state index is 11.7. The summed E-state index contributed by atoms with van der Waals surface area (Å²) in [5, 5.41) is 11.3. The Morgan fingerprint density at radius 2 is 2.06 bits per heavy atom. The molecule has 1 amide bonds. The molecule has 88 valence electrons. The van der Waals surface area contributed by atoms with E-state index >= 15 is 0 Å². The monoisotopic (exact) mass is 259 g/mol. The van der Waals surface area contributed by atoms with E-state index in [4.69, 9.17) is 16.9 Å². The zero-order valence-electron chi connectivity index (χ0n) is 8.96. The number of halogens is 1. The maximum Gasteiger partial charge on any atom is 0.277 e. The third kappa shape index (κ3) is 2.78. The van der Waals surface area contributed by atoms with Crippen LogP contribution in [-0.2, 0) is 0 Å². The van der Waals surface area contributed by atoms with Crippen LogP contribution in [0.1, 0.15) is 16.1 Å². The van der Waals surface area contributed by atoms with Gasteiger partial charge in [0.1, 0.15) is 22.7 Å². The Labute approximate surface area is 107 Å². The Kier molecular flexibility index (Phi) is 3.46. The predicted octanol–water partition coefficient (Wildman–Crippen LogP) is 1.65. The topological polar surface area (TPSA) is 91.6 Å². The smallest absolute Gasteiger partial charge is 0.277 e. The van der Waals surface area contributed by atoms with Gasteiger partial charge in [0, 0.05) is 6.20 Å². The van der Waals surface area contributed by atoms with Crippen LogP contribution in [0.3, 0.4) is 0 Å². The summed E-state index contributed by atoms with van der Waals surface area (Å²) < 4.78 is 0. The lowest BCUT2D eigenvalue weighted by Crippen LogP contribution is -2.14. The van der Waals surface area contributed by atoms with Crippen LogP contribution in [-0.4, -0.2) is 20.9 Å². The minimum Gasteiger partial charge on any atom is -0.305 e. The van der Waals surface area contributed by atoms with Gasteiger partial charge >= 0.3 is 0 Å². The lowest BCUT2D eigenvalue weighted by molar-refractivity contribution is 0.102. The highest BCUT2D eigenvalue weighted by Crippen LogP contribution is 2.07. The average molecular weight is 260 g/mol. The summed E-state index contributed by atoms with van der Waals surface area (Å²) in [4.78, 5) is 23.2. The molecule has 1 N–H and O–H groups in total. The van der Waals surface area contributed by atoms with E-state index in [1.807, 2.05) is 6.07 Å². The molecular formula is C11H6ClN5O. The number of hydrogen-bond acceptors (Lipinski definition) is 5. The standard InChI is InChI=1S/C11H6ClN5O/c12-9-6-14-8(5-15-9)11(18)17-10-2-1-7(3-13)4-16-10/h1-2,4-6H,(H,16,17,18). The second kappa shape index (κ2) is 5.21. The minimum absolute atomic E-state index is 0.130. The zero-order chi connectivity index (χ0) is 13.0. The van der Waals surface area contributed by atoms with Crippen LogP contribution in [0, 0.1) is 11.3 Å². The lowest BCUT2D eigenvalue weighted by atomic mass is 10.3. The largest absolute Gasteiger partial charge is 0.305 e. The van der Waals surface area contributed by atoms with Crippen molar-refractivity contribution in [1.82, 2.24) is 15.0 Å². The first kappa shape index (κ1) is 12.0. The number of aromatic nitrogens is 3. The van der Waals surface area contributed by atoms with Crippen molar-refractivity contribution < 1.29 is 4.79 Å². The predicted molar refractivity (Wildman–Crippen MR) is 63.9 cm³/mol. The van der Waals surface area contributed by atoms with Crippen molar-refractivity contribution in [3.05, 3.63) is 47.1 Å². The number of pyridine rings is 1. The first-order chi connectivity index (χ1) is 8.69. The number of amides is 1. The van der Waals surface area contributed by atoms with Crippen molar-refractivity contribution in [2.24, 2.45) is 0 Å². The van der Waals surface area contributed by atoms with E-state index in [2.05, 4.69) is 20.3 Å². The molecule has 0 radical (unpaired) electrons. The summed E-state index contributed by atoms with van der Waals surface area (Å²) in [6.07, 6.45) is 3.91. The van der Waals surface area contributed by atoms with E-state index in [9.17, 15) is 4.79 Å². The highest BCUT2D eigenvalue weighted by atomic mass is 35.5. The number of nitriles is 1. The molecule has 7 heteroatoms. The molecule has 0 aliphatic heterocycles. The first-order valence-electron chi connectivity index (χ1n) is 4.84. The third-order valence-electron chi connectivity index (χ3n) is 1.99. The van der Waals surface area contributed by atoms with Crippen molar-refractivity contribution in [3.63, 3.8) is 0 Å². The number of nitrogens with one attached hydrogen (secondary N) is 1. The van der Waals surface area contributed by atoms with Gasteiger partial charge in [0.2, 0.25) is 0 Å². The Hall–Kier alpha value is -2.52. The number of anilines is 1. The van der Waals surface area contributed by atoms with E-state index in [0.29, 0.717) is 11.4 Å². The SMILES string of the molecule is N#Cc1ccc(NC(=O)c2cnc(Cl)cn2)nc1. The molecule has 0 unspecified atom stereocenters. The van der Waals surface area contributed by atoms with E-state index in [-0.39, 0.29) is 10.8 Å². The molecule has 0 aliphatic carbocycles. The van der Waals surface area contributed by atoms with Gasteiger partial charge in [0.25, 0.3) is 5.91 Å². The summed E-state index contributed by atoms with van der Waals surface area (Å²) in [6, 6.07) is 5.01. The molecule has 0 spiro atoms. The molecule has 2 rings (SSSR count). The number of hydrogen-bond donors (Lipinski definition) is 1. The number of rotatable bonds is 2. The summed E-state index contributed by atoms with van der Waals surface area (Å²) in [5.74, 6) is -0.118. The molecule has 2 aromatic heterocycles. The molecular weight excluding hydrogens is 254 g/mol. The van der Waals surface area contributed by atoms with Gasteiger partial charge in [-0.05, 0) is 12.1 Å². The van der Waals surface area contributed by atoms with Crippen LogP contribution in [0.4, 0.5) is 5.82 Å². The van der Waals surface area contributed by atoms with Crippen molar-refractivity contribution in [2.45, 2.75) is 0 Å². The molecule has 0 bridgehead atoms. The summed E-state index contributed by atoms with van der Waals surface area (Å²) in [5.41, 5.74) is 0.546. The van der Waals surface area contributed by atoms with Crippen molar-refractivity contribution in [3.8, 4) is 6.07 Å². The van der Waals surface area contributed by atoms with Crippen molar-refractivity contribution >= 4 is 23.3 Å². The van der Waals surface area contributed by atoms with Gasteiger partial charge in [0.05, 0.1) is 18.0 Å². The van der Waals surface area contributed by atoms with Crippen molar-refractivity contribution in [2.75, 3.05) is 5.32 Å². The minimum atomic E-state index is -0.448. The Morgan fingerprint density at radius 1 is 1.22 bits per heavy atom. The number of carbonyl (C=O) groups excluding carboxylic acids is 1. The lowest BCUT2D eigenvalue weighted by Gasteiger charge is -2.03. The van der Waals surface area contributed by atoms with Gasteiger partial charge in [0.15, 0.2) is 0 Å². The summed E-state index contributed by atoms with van der Waals surface area (Å²) in [7, 11) is 0. The molecule has 2 aromatic rings. The summed E-state index contributed by atoms with van der Waals surface area (Å²) in [6.45, 7) is 0. The first-order valence-corrected chi connectivity index (χ1v) is 5.22. The van der Waals surface area contributed by atoms with E-state index in [1.54, 1.807) is 6.07 Å². The maximum atomic E-state index is 11.7. The number of nitrogens with zero attached hydrogens (tertiary/aromatic N) is 4. The fourth-order valence-electron chi connectivity index (χ4n) is 1.14. The second-order valence-electron chi connectivity index (χ2n) is 3.22. The quantitative estimate of drug-likeness (QED) is 0.885. The normalized spacial score (nSPS) is 9.56. The fourth-order valence-corrected chi connectivity index (χ4v) is 1.24. The molecule has 0 saturated heterocycles.